The largest absolute Gasteiger partial charge is 0.478 e. The third-order valence-corrected chi connectivity index (χ3v) is 2.65. The Balaban J connectivity index is 2.51. The van der Waals surface area contributed by atoms with Gasteiger partial charge in [0, 0.05) is 6.20 Å². The summed E-state index contributed by atoms with van der Waals surface area (Å²) in [6.45, 7) is 3.10. The molecule has 0 spiro atoms. The van der Waals surface area contributed by atoms with Gasteiger partial charge in [-0.15, -0.1) is 0 Å². The van der Waals surface area contributed by atoms with Crippen molar-refractivity contribution in [2.24, 2.45) is 0 Å². The lowest BCUT2D eigenvalue weighted by Crippen LogP contribution is -2.04. The molecule has 0 amide bonds. The summed E-state index contributed by atoms with van der Waals surface area (Å²) in [5.74, 6) is -0.753. The Morgan fingerprint density at radius 3 is 2.53 bits per heavy atom. The summed E-state index contributed by atoms with van der Waals surface area (Å²) in [7, 11) is 0. The van der Waals surface area contributed by atoms with Gasteiger partial charge >= 0.3 is 11.7 Å². The molecule has 0 aromatic carbocycles. The van der Waals surface area contributed by atoms with Crippen LogP contribution in [0.1, 0.15) is 21.7 Å². The second kappa shape index (κ2) is 4.48. The lowest BCUT2D eigenvalue weighted by atomic mass is 10.3. The highest BCUT2D eigenvalue weighted by Crippen LogP contribution is 2.23. The maximum absolute atomic E-state index is 10.9. The lowest BCUT2D eigenvalue weighted by Gasteiger charge is -2.02. The zero-order valence-electron chi connectivity index (χ0n) is 10.2. The third-order valence-electron chi connectivity index (χ3n) is 2.65. The fraction of sp³-hybridized carbons (Fsp3) is 0.182. The van der Waals surface area contributed by atoms with Gasteiger partial charge in [-0.3, -0.25) is 10.1 Å². The molecule has 98 valence electrons. The smallest absolute Gasteiger partial charge is 0.337 e. The van der Waals surface area contributed by atoms with E-state index in [0.717, 1.165) is 0 Å². The molecule has 0 aliphatic carbocycles. The Morgan fingerprint density at radius 1 is 1.42 bits per heavy atom. The van der Waals surface area contributed by atoms with Gasteiger partial charge in [0.25, 0.3) is 0 Å². The van der Waals surface area contributed by atoms with Gasteiger partial charge in [-0.1, -0.05) is 0 Å². The first-order valence-corrected chi connectivity index (χ1v) is 5.32. The zero-order valence-corrected chi connectivity index (χ0v) is 10.2. The third kappa shape index (κ3) is 2.15. The topological polar surface area (TPSA) is 111 Å². The molecule has 0 aliphatic heterocycles. The van der Waals surface area contributed by atoms with E-state index in [1.54, 1.807) is 6.92 Å². The highest BCUT2D eigenvalue weighted by molar-refractivity contribution is 5.87. The average molecular weight is 262 g/mol. The number of hydrogen-bond acceptors (Lipinski definition) is 5. The number of carboxylic acid groups (broad SMARTS) is 1. The molecule has 0 saturated heterocycles. The highest BCUT2D eigenvalue weighted by atomic mass is 16.6. The number of hydrogen-bond donors (Lipinski definition) is 1. The average Bonchev–Trinajstić information content (AvgIpc) is 2.65. The minimum absolute atomic E-state index is 0.0415. The Kier molecular flexibility index (Phi) is 2.99. The molecule has 2 aromatic heterocycles. The maximum Gasteiger partial charge on any atom is 0.337 e. The molecule has 0 fully saturated rings. The molecule has 0 aliphatic rings. The summed E-state index contributed by atoms with van der Waals surface area (Å²) >= 11 is 0. The molecule has 0 atom stereocenters. The van der Waals surface area contributed by atoms with Crippen LogP contribution in [-0.2, 0) is 0 Å². The molecule has 0 saturated carbocycles. The van der Waals surface area contributed by atoms with E-state index in [4.69, 9.17) is 5.11 Å². The minimum atomic E-state index is -1.08. The summed E-state index contributed by atoms with van der Waals surface area (Å²) in [5, 5.41) is 23.7. The van der Waals surface area contributed by atoms with Crippen molar-refractivity contribution in [3.8, 4) is 5.82 Å². The van der Waals surface area contributed by atoms with Crippen LogP contribution in [0.4, 0.5) is 5.69 Å². The number of carbonyl (C=O) groups is 1. The van der Waals surface area contributed by atoms with Crippen LogP contribution >= 0.6 is 0 Å². The van der Waals surface area contributed by atoms with E-state index in [2.05, 4.69) is 10.1 Å². The fourth-order valence-electron chi connectivity index (χ4n) is 1.76. The number of aryl methyl sites for hydroxylation is 1. The van der Waals surface area contributed by atoms with Crippen LogP contribution < -0.4 is 0 Å². The van der Waals surface area contributed by atoms with Crippen molar-refractivity contribution in [3.05, 3.63) is 45.4 Å². The van der Waals surface area contributed by atoms with E-state index in [9.17, 15) is 14.9 Å². The molecule has 8 heteroatoms. The van der Waals surface area contributed by atoms with Crippen LogP contribution in [0, 0.1) is 24.0 Å². The molecule has 2 rings (SSSR count). The molecule has 0 radical (unpaired) electrons. The van der Waals surface area contributed by atoms with Gasteiger partial charge < -0.3 is 5.11 Å². The summed E-state index contributed by atoms with van der Waals surface area (Å²) in [6, 6.07) is 2.82. The molecule has 19 heavy (non-hydrogen) atoms. The molecule has 8 nitrogen and oxygen atoms in total. The predicted molar refractivity (Wildman–Crippen MR) is 64.4 cm³/mol. The second-order valence-corrected chi connectivity index (χ2v) is 3.90. The van der Waals surface area contributed by atoms with Crippen molar-refractivity contribution in [1.29, 1.82) is 0 Å². The zero-order chi connectivity index (χ0) is 14.2. The summed E-state index contributed by atoms with van der Waals surface area (Å²) < 4.78 is 1.32. The Morgan fingerprint density at radius 2 is 2.11 bits per heavy atom. The lowest BCUT2D eigenvalue weighted by molar-refractivity contribution is -0.386. The van der Waals surface area contributed by atoms with Gasteiger partial charge in [0.2, 0.25) is 0 Å². The van der Waals surface area contributed by atoms with E-state index >= 15 is 0 Å². The number of aromatic carboxylic acids is 1. The van der Waals surface area contributed by atoms with Gasteiger partial charge in [-0.25, -0.2) is 14.5 Å². The van der Waals surface area contributed by atoms with Crippen LogP contribution in [0.2, 0.25) is 0 Å². The Labute approximate surface area is 107 Å². The first kappa shape index (κ1) is 12.7. The summed E-state index contributed by atoms with van der Waals surface area (Å²) in [4.78, 5) is 25.0. The predicted octanol–water partition coefficient (Wildman–Crippen LogP) is 1.49. The molecular weight excluding hydrogens is 252 g/mol. The van der Waals surface area contributed by atoms with Crippen molar-refractivity contribution >= 4 is 11.7 Å². The van der Waals surface area contributed by atoms with E-state index in [1.807, 2.05) is 0 Å². The maximum atomic E-state index is 10.9. The van der Waals surface area contributed by atoms with Crippen molar-refractivity contribution in [3.63, 3.8) is 0 Å². The number of aromatic nitrogens is 3. The van der Waals surface area contributed by atoms with E-state index < -0.39 is 10.9 Å². The van der Waals surface area contributed by atoms with Crippen molar-refractivity contribution in [2.75, 3.05) is 0 Å². The van der Waals surface area contributed by atoms with Crippen molar-refractivity contribution in [1.82, 2.24) is 14.8 Å². The highest BCUT2D eigenvalue weighted by Gasteiger charge is 2.22. The van der Waals surface area contributed by atoms with Crippen LogP contribution in [0.25, 0.3) is 5.82 Å². The molecule has 0 unspecified atom stereocenters. The van der Waals surface area contributed by atoms with Gasteiger partial charge in [0.1, 0.15) is 11.4 Å². The van der Waals surface area contributed by atoms with Crippen molar-refractivity contribution in [2.45, 2.75) is 13.8 Å². The quantitative estimate of drug-likeness (QED) is 0.662. The summed E-state index contributed by atoms with van der Waals surface area (Å²) in [5.41, 5.74) is 0.605. The fourth-order valence-corrected chi connectivity index (χ4v) is 1.76. The molecule has 2 heterocycles. The molecule has 0 bridgehead atoms. The molecule has 2 aromatic rings. The Hall–Kier alpha value is -2.77. The molecular formula is C11H10N4O4. The number of pyridine rings is 1. The summed E-state index contributed by atoms with van der Waals surface area (Å²) in [6.07, 6.45) is 1.18. The van der Waals surface area contributed by atoms with Crippen LogP contribution in [-0.4, -0.2) is 30.8 Å². The van der Waals surface area contributed by atoms with Crippen LogP contribution in [0.15, 0.2) is 18.3 Å². The number of carboxylic acids is 1. The standard InChI is InChI=1S/C11H10N4O4/c1-6-10(15(18)19)7(2)14(13-6)9-4-3-8(5-12-9)11(16)17/h3-5H,1-2H3,(H,16,17). The first-order chi connectivity index (χ1) is 8.91. The van der Waals surface area contributed by atoms with Gasteiger partial charge in [0.15, 0.2) is 5.82 Å². The molecule has 1 N–H and O–H groups in total. The van der Waals surface area contributed by atoms with E-state index in [-0.39, 0.29) is 16.9 Å². The van der Waals surface area contributed by atoms with Crippen LogP contribution in [0.5, 0.6) is 0 Å². The van der Waals surface area contributed by atoms with E-state index in [0.29, 0.717) is 11.5 Å². The number of nitrogens with zero attached hydrogens (tertiary/aromatic N) is 4. The SMILES string of the molecule is Cc1nn(-c2ccc(C(=O)O)cn2)c(C)c1[N+](=O)[O-]. The normalized spacial score (nSPS) is 10.4. The monoisotopic (exact) mass is 262 g/mol. The van der Waals surface area contributed by atoms with Gasteiger partial charge in [-0.05, 0) is 26.0 Å². The van der Waals surface area contributed by atoms with Crippen LogP contribution in [0.3, 0.4) is 0 Å². The number of rotatable bonds is 3. The Bertz CT molecular complexity index is 660. The van der Waals surface area contributed by atoms with Gasteiger partial charge in [-0.2, -0.15) is 5.10 Å². The second-order valence-electron chi connectivity index (χ2n) is 3.90. The first-order valence-electron chi connectivity index (χ1n) is 5.32. The van der Waals surface area contributed by atoms with Gasteiger partial charge in [0.05, 0.1) is 10.5 Å². The van der Waals surface area contributed by atoms with Crippen molar-refractivity contribution < 1.29 is 14.8 Å². The number of nitro groups is 1. The minimum Gasteiger partial charge on any atom is -0.478 e. The van der Waals surface area contributed by atoms with E-state index in [1.165, 1.54) is 29.9 Å².